The van der Waals surface area contributed by atoms with Gasteiger partial charge in [-0.15, -0.1) is 0 Å². The summed E-state index contributed by atoms with van der Waals surface area (Å²) in [6, 6.07) is 0. The van der Waals surface area contributed by atoms with Gasteiger partial charge in [-0.25, -0.2) is 0 Å². The highest BCUT2D eigenvalue weighted by atomic mass is 19.4. The molecule has 1 radical (unpaired) electrons. The summed E-state index contributed by atoms with van der Waals surface area (Å²) in [5.74, 6) is -0.941. The Labute approximate surface area is 56.2 Å². The van der Waals surface area contributed by atoms with Gasteiger partial charge in [0.25, 0.3) is 0 Å². The van der Waals surface area contributed by atoms with E-state index in [1.807, 2.05) is 0 Å². The van der Waals surface area contributed by atoms with Gasteiger partial charge in [0.2, 0.25) is 5.91 Å². The lowest BCUT2D eigenvalue weighted by atomic mass is 10.2. The Bertz CT molecular complexity index is 121. The molecule has 0 fully saturated rings. The zero-order valence-corrected chi connectivity index (χ0v) is 5.16. The first-order valence-corrected chi connectivity index (χ1v) is 2.73. The van der Waals surface area contributed by atoms with Gasteiger partial charge in [0.1, 0.15) is 0 Å². The van der Waals surface area contributed by atoms with Crippen molar-refractivity contribution in [2.45, 2.75) is 25.4 Å². The predicted molar refractivity (Wildman–Crippen MR) is 28.0 cm³/mol. The molecule has 0 saturated heterocycles. The van der Waals surface area contributed by atoms with Crippen molar-refractivity contribution < 1.29 is 18.0 Å². The van der Waals surface area contributed by atoms with Crippen molar-refractivity contribution >= 4 is 5.91 Å². The molecule has 0 spiro atoms. The molecule has 2 nitrogen and oxygen atoms in total. The van der Waals surface area contributed by atoms with E-state index in [9.17, 15) is 18.0 Å². The lowest BCUT2D eigenvalue weighted by Crippen LogP contribution is -2.08. The van der Waals surface area contributed by atoms with Gasteiger partial charge in [0.05, 0.1) is 0 Å². The third kappa shape index (κ3) is 7.26. The lowest BCUT2D eigenvalue weighted by molar-refractivity contribution is -0.137. The number of carbonyl (C=O) groups excluding carboxylic acids is 1. The molecule has 0 aromatic carbocycles. The summed E-state index contributed by atoms with van der Waals surface area (Å²) in [6.07, 6.45) is -5.75. The Kier molecular flexibility index (Phi) is 3.18. The van der Waals surface area contributed by atoms with E-state index in [2.05, 4.69) is 0 Å². The molecule has 0 aliphatic heterocycles. The van der Waals surface area contributed by atoms with Crippen molar-refractivity contribution in [3.05, 3.63) is 0 Å². The van der Waals surface area contributed by atoms with Gasteiger partial charge in [0.15, 0.2) is 0 Å². The Morgan fingerprint density at radius 1 is 1.40 bits per heavy atom. The fraction of sp³-hybridized carbons (Fsp3) is 0.800. The second-order valence-corrected chi connectivity index (χ2v) is 1.89. The number of hydrogen-bond acceptors (Lipinski definition) is 1. The van der Waals surface area contributed by atoms with E-state index in [0.29, 0.717) is 0 Å². The Balaban J connectivity index is 3.29. The summed E-state index contributed by atoms with van der Waals surface area (Å²) in [5.41, 5.74) is 6.28. The molecule has 1 N–H and O–H groups in total. The summed E-state index contributed by atoms with van der Waals surface area (Å²) in [5, 5.41) is 0. The van der Waals surface area contributed by atoms with Crippen LogP contribution < -0.4 is 5.73 Å². The van der Waals surface area contributed by atoms with Crippen LogP contribution in [0.1, 0.15) is 19.3 Å². The molecule has 5 heteroatoms. The molecule has 0 atom stereocenters. The molecular formula is C5H7F3NO. The number of halogens is 3. The van der Waals surface area contributed by atoms with Crippen molar-refractivity contribution in [2.24, 2.45) is 0 Å². The summed E-state index contributed by atoms with van der Waals surface area (Å²) >= 11 is 0. The molecule has 0 unspecified atom stereocenters. The quantitative estimate of drug-likeness (QED) is 0.607. The van der Waals surface area contributed by atoms with Crippen LogP contribution in [0.15, 0.2) is 0 Å². The van der Waals surface area contributed by atoms with E-state index in [0.717, 1.165) is 0 Å². The third-order valence-electron chi connectivity index (χ3n) is 0.864. The highest BCUT2D eigenvalue weighted by Crippen LogP contribution is 2.21. The minimum Gasteiger partial charge on any atom is -0.273 e. The maximum atomic E-state index is 11.3. The minimum absolute atomic E-state index is 0.272. The molecule has 0 aromatic rings. The molecule has 0 saturated carbocycles. The van der Waals surface area contributed by atoms with Crippen LogP contribution in [0.3, 0.4) is 0 Å². The molecule has 0 aromatic heterocycles. The van der Waals surface area contributed by atoms with E-state index >= 15 is 0 Å². The van der Waals surface area contributed by atoms with E-state index in [1.165, 1.54) is 0 Å². The highest BCUT2D eigenvalue weighted by Gasteiger charge is 2.26. The smallest absolute Gasteiger partial charge is 0.273 e. The number of carbonyl (C=O) groups is 1. The average Bonchev–Trinajstić information content (AvgIpc) is 1.59. The summed E-state index contributed by atoms with van der Waals surface area (Å²) in [4.78, 5) is 9.83. The van der Waals surface area contributed by atoms with Crippen molar-refractivity contribution in [3.63, 3.8) is 0 Å². The topological polar surface area (TPSA) is 40.9 Å². The van der Waals surface area contributed by atoms with Crippen LogP contribution in [0.25, 0.3) is 0 Å². The zero-order valence-electron chi connectivity index (χ0n) is 5.16. The molecule has 0 rings (SSSR count). The second kappa shape index (κ2) is 3.43. The third-order valence-corrected chi connectivity index (χ3v) is 0.864. The van der Waals surface area contributed by atoms with Crippen molar-refractivity contribution in [1.29, 1.82) is 0 Å². The van der Waals surface area contributed by atoms with Gasteiger partial charge in [-0.1, -0.05) is 0 Å². The maximum Gasteiger partial charge on any atom is 0.389 e. The van der Waals surface area contributed by atoms with Crippen LogP contribution in [0, 0.1) is 0 Å². The molecule has 59 valence electrons. The standard InChI is InChI=1S/C5H7F3NO/c6-5(7,8)3-1-2-4(9)10/h9H,1-3H2. The van der Waals surface area contributed by atoms with Crippen molar-refractivity contribution in [2.75, 3.05) is 0 Å². The molecule has 0 bridgehead atoms. The molecule has 1 amide bonds. The number of amides is 1. The van der Waals surface area contributed by atoms with Crippen LogP contribution in [0.2, 0.25) is 0 Å². The van der Waals surface area contributed by atoms with E-state index in [-0.39, 0.29) is 12.8 Å². The van der Waals surface area contributed by atoms with Gasteiger partial charge < -0.3 is 0 Å². The molecule has 0 aliphatic rings. The Hall–Kier alpha value is -0.740. The molecular weight excluding hydrogens is 147 g/mol. The van der Waals surface area contributed by atoms with Crippen LogP contribution in [0.4, 0.5) is 13.2 Å². The lowest BCUT2D eigenvalue weighted by Gasteiger charge is -2.02. The average molecular weight is 154 g/mol. The molecule has 10 heavy (non-hydrogen) atoms. The summed E-state index contributed by atoms with van der Waals surface area (Å²) in [6.45, 7) is 0. The maximum absolute atomic E-state index is 11.3. The van der Waals surface area contributed by atoms with Crippen LogP contribution in [0.5, 0.6) is 0 Å². The van der Waals surface area contributed by atoms with Crippen molar-refractivity contribution in [3.8, 4) is 0 Å². The van der Waals surface area contributed by atoms with Crippen LogP contribution in [-0.2, 0) is 4.79 Å². The monoisotopic (exact) mass is 154 g/mol. The molecule has 0 heterocycles. The first-order valence-electron chi connectivity index (χ1n) is 2.73. The second-order valence-electron chi connectivity index (χ2n) is 1.89. The van der Waals surface area contributed by atoms with Gasteiger partial charge >= 0.3 is 6.18 Å². The molecule has 0 aliphatic carbocycles. The normalized spacial score (nSPS) is 11.5. The number of hydrogen-bond donors (Lipinski definition) is 0. The fourth-order valence-electron chi connectivity index (χ4n) is 0.449. The number of nitrogens with one attached hydrogen (secondary N) is 1. The van der Waals surface area contributed by atoms with E-state index in [1.54, 1.807) is 0 Å². The van der Waals surface area contributed by atoms with Crippen molar-refractivity contribution in [1.82, 2.24) is 5.73 Å². The number of alkyl halides is 3. The first-order chi connectivity index (χ1) is 4.42. The highest BCUT2D eigenvalue weighted by molar-refractivity contribution is 5.72. The first kappa shape index (κ1) is 9.26. The van der Waals surface area contributed by atoms with Crippen LogP contribution in [-0.4, -0.2) is 12.1 Å². The Morgan fingerprint density at radius 3 is 2.20 bits per heavy atom. The Morgan fingerprint density at radius 2 is 1.90 bits per heavy atom. The van der Waals surface area contributed by atoms with E-state index in [4.69, 9.17) is 5.73 Å². The minimum atomic E-state index is -4.20. The summed E-state index contributed by atoms with van der Waals surface area (Å²) < 4.78 is 34.0. The van der Waals surface area contributed by atoms with Gasteiger partial charge in [-0.05, 0) is 6.42 Å². The van der Waals surface area contributed by atoms with E-state index < -0.39 is 18.5 Å². The SMILES string of the molecule is [NH]C(=O)CCCC(F)(F)F. The number of rotatable bonds is 3. The van der Waals surface area contributed by atoms with Gasteiger partial charge in [-0.2, -0.15) is 13.2 Å². The largest absolute Gasteiger partial charge is 0.389 e. The zero-order chi connectivity index (χ0) is 8.20. The predicted octanol–water partition coefficient (Wildman–Crippen LogP) is 1.53. The van der Waals surface area contributed by atoms with Crippen LogP contribution >= 0.6 is 0 Å². The fourth-order valence-corrected chi connectivity index (χ4v) is 0.449. The van der Waals surface area contributed by atoms with Gasteiger partial charge in [-0.3, -0.25) is 10.5 Å². The van der Waals surface area contributed by atoms with Gasteiger partial charge in [0, 0.05) is 12.8 Å². The summed E-state index contributed by atoms with van der Waals surface area (Å²) in [7, 11) is 0.